The molecule has 5 nitrogen and oxygen atoms in total. The molecule has 5 heteroatoms. The minimum atomic E-state index is -0.480. The van der Waals surface area contributed by atoms with Crippen molar-refractivity contribution in [2.24, 2.45) is 5.92 Å². The van der Waals surface area contributed by atoms with Crippen molar-refractivity contribution < 1.29 is 14.3 Å². The minimum Gasteiger partial charge on any atom is -0.466 e. The van der Waals surface area contributed by atoms with Crippen LogP contribution in [0.4, 0.5) is 4.79 Å². The van der Waals surface area contributed by atoms with E-state index >= 15 is 0 Å². The van der Waals surface area contributed by atoms with Gasteiger partial charge >= 0.3 is 12.0 Å². The molecule has 1 N–H and O–H groups in total. The van der Waals surface area contributed by atoms with Gasteiger partial charge in [0.15, 0.2) is 0 Å². The van der Waals surface area contributed by atoms with E-state index in [4.69, 9.17) is 4.74 Å². The third-order valence-corrected chi connectivity index (χ3v) is 4.06. The van der Waals surface area contributed by atoms with E-state index in [2.05, 4.69) is 19.2 Å². The van der Waals surface area contributed by atoms with Crippen LogP contribution in [0.5, 0.6) is 0 Å². The van der Waals surface area contributed by atoms with Crippen LogP contribution in [0, 0.1) is 5.92 Å². The molecule has 0 aliphatic carbocycles. The number of esters is 1. The maximum absolute atomic E-state index is 12.5. The zero-order valence-corrected chi connectivity index (χ0v) is 14.1. The third kappa shape index (κ3) is 3.73. The molecule has 1 heterocycles. The van der Waals surface area contributed by atoms with E-state index in [-0.39, 0.29) is 6.03 Å². The summed E-state index contributed by atoms with van der Waals surface area (Å²) in [5.41, 5.74) is 2.02. The van der Waals surface area contributed by atoms with Crippen LogP contribution in [0.25, 0.3) is 0 Å². The van der Waals surface area contributed by atoms with Gasteiger partial charge in [-0.2, -0.15) is 0 Å². The number of hydrogen-bond acceptors (Lipinski definition) is 3. The highest BCUT2D eigenvalue weighted by atomic mass is 16.5. The number of amides is 2. The molecule has 0 spiro atoms. The molecule has 23 heavy (non-hydrogen) atoms. The van der Waals surface area contributed by atoms with Crippen molar-refractivity contribution in [3.8, 4) is 0 Å². The second-order valence-electron chi connectivity index (χ2n) is 6.12. The highest BCUT2D eigenvalue weighted by Crippen LogP contribution is 2.31. The zero-order chi connectivity index (χ0) is 17.0. The summed E-state index contributed by atoms with van der Waals surface area (Å²) in [4.78, 5) is 26.4. The van der Waals surface area contributed by atoms with Crippen LogP contribution in [0.3, 0.4) is 0 Å². The largest absolute Gasteiger partial charge is 0.466 e. The van der Waals surface area contributed by atoms with Gasteiger partial charge in [0.05, 0.1) is 18.7 Å². The first-order valence-electron chi connectivity index (χ1n) is 7.87. The highest BCUT2D eigenvalue weighted by molar-refractivity contribution is 5.94. The van der Waals surface area contributed by atoms with E-state index < -0.39 is 12.0 Å². The van der Waals surface area contributed by atoms with Crippen LogP contribution in [-0.4, -0.2) is 30.6 Å². The van der Waals surface area contributed by atoms with Crippen LogP contribution >= 0.6 is 0 Å². The van der Waals surface area contributed by atoms with Gasteiger partial charge in [0.1, 0.15) is 0 Å². The van der Waals surface area contributed by atoms with E-state index in [1.165, 1.54) is 7.11 Å². The molecule has 124 valence electrons. The third-order valence-electron chi connectivity index (χ3n) is 4.06. The summed E-state index contributed by atoms with van der Waals surface area (Å²) < 4.78 is 4.95. The van der Waals surface area contributed by atoms with E-state index in [9.17, 15) is 9.59 Å². The Morgan fingerprint density at radius 2 is 1.96 bits per heavy atom. The lowest BCUT2D eigenvalue weighted by Crippen LogP contribution is -2.48. The lowest BCUT2D eigenvalue weighted by molar-refractivity contribution is -0.136. The van der Waals surface area contributed by atoms with E-state index in [0.717, 1.165) is 12.0 Å². The summed E-state index contributed by atoms with van der Waals surface area (Å²) in [6.07, 6.45) is 0.870. The Hall–Kier alpha value is -2.30. The van der Waals surface area contributed by atoms with Crippen molar-refractivity contribution >= 4 is 12.0 Å². The second kappa shape index (κ2) is 7.31. The molecule has 0 aromatic heterocycles. The summed E-state index contributed by atoms with van der Waals surface area (Å²) in [6, 6.07) is 8.80. The normalized spacial score (nSPS) is 18.2. The van der Waals surface area contributed by atoms with Gasteiger partial charge in [-0.1, -0.05) is 44.2 Å². The van der Waals surface area contributed by atoms with Gasteiger partial charge < -0.3 is 10.1 Å². The van der Waals surface area contributed by atoms with Crippen molar-refractivity contribution in [3.63, 3.8) is 0 Å². The number of allylic oxidation sites excluding steroid dienone is 1. The van der Waals surface area contributed by atoms with E-state index in [1.807, 2.05) is 30.3 Å². The van der Waals surface area contributed by atoms with Gasteiger partial charge in [0.25, 0.3) is 0 Å². The quantitative estimate of drug-likeness (QED) is 0.848. The summed E-state index contributed by atoms with van der Waals surface area (Å²) in [5.74, 6) is 0.0647. The Bertz CT molecular complexity index is 608. The monoisotopic (exact) mass is 316 g/mol. The first-order valence-corrected chi connectivity index (χ1v) is 7.87. The fraction of sp³-hybridized carbons (Fsp3) is 0.444. The lowest BCUT2D eigenvalue weighted by Gasteiger charge is -2.35. The second-order valence-corrected chi connectivity index (χ2v) is 6.12. The number of benzene rings is 1. The van der Waals surface area contributed by atoms with Crippen molar-refractivity contribution in [1.29, 1.82) is 0 Å². The molecular weight excluding hydrogens is 292 g/mol. The Balaban J connectivity index is 2.42. The first kappa shape index (κ1) is 17.1. The predicted octanol–water partition coefficient (Wildman–Crippen LogP) is 3.25. The van der Waals surface area contributed by atoms with Crippen molar-refractivity contribution in [2.75, 3.05) is 13.7 Å². The summed E-state index contributed by atoms with van der Waals surface area (Å²) in [7, 11) is 1.36. The number of methoxy groups -OCH3 is 1. The number of urea groups is 1. The van der Waals surface area contributed by atoms with Crippen LogP contribution < -0.4 is 5.32 Å². The minimum absolute atomic E-state index is 0.176. The molecule has 0 unspecified atom stereocenters. The van der Waals surface area contributed by atoms with Gasteiger partial charge in [0, 0.05) is 12.2 Å². The Morgan fingerprint density at radius 1 is 1.30 bits per heavy atom. The number of nitrogens with one attached hydrogen (secondary N) is 1. The number of nitrogens with zero attached hydrogens (tertiary/aromatic N) is 1. The molecule has 0 bridgehead atoms. The van der Waals surface area contributed by atoms with Gasteiger partial charge in [-0.25, -0.2) is 9.59 Å². The summed E-state index contributed by atoms with van der Waals surface area (Å²) in [5, 5.41) is 2.93. The van der Waals surface area contributed by atoms with Gasteiger partial charge in [-0.05, 0) is 24.8 Å². The smallest absolute Gasteiger partial charge is 0.337 e. The highest BCUT2D eigenvalue weighted by Gasteiger charge is 2.35. The van der Waals surface area contributed by atoms with E-state index in [1.54, 1.807) is 11.8 Å². The van der Waals surface area contributed by atoms with Gasteiger partial charge in [-0.15, -0.1) is 0 Å². The Kier molecular flexibility index (Phi) is 5.42. The SMILES string of the molecule is COC(=O)C1=C(C)N(CCC(C)C)C(=O)N[C@@H]1c1ccccc1. The standard InChI is InChI=1S/C18H24N2O3/c1-12(2)10-11-20-13(3)15(17(21)23-4)16(19-18(20)22)14-8-6-5-7-9-14/h5-9,12,16H,10-11H2,1-4H3,(H,19,22)/t16-/m1/s1. The molecule has 1 atom stereocenters. The maximum atomic E-state index is 12.5. The molecule has 0 saturated carbocycles. The number of carbonyl (C=O) groups excluding carboxylic acids is 2. The molecular formula is C18H24N2O3. The van der Waals surface area contributed by atoms with E-state index in [0.29, 0.717) is 23.7 Å². The summed E-state index contributed by atoms with van der Waals surface area (Å²) in [6.45, 7) is 6.60. The molecule has 1 aliphatic heterocycles. The lowest BCUT2D eigenvalue weighted by atomic mass is 9.94. The predicted molar refractivity (Wildman–Crippen MR) is 88.6 cm³/mol. The average molecular weight is 316 g/mol. The molecule has 1 aromatic rings. The average Bonchev–Trinajstić information content (AvgIpc) is 2.54. The van der Waals surface area contributed by atoms with Crippen molar-refractivity contribution in [3.05, 3.63) is 47.2 Å². The fourth-order valence-electron chi connectivity index (χ4n) is 2.71. The van der Waals surface area contributed by atoms with Crippen LogP contribution in [0.1, 0.15) is 38.8 Å². The molecule has 0 saturated heterocycles. The van der Waals surface area contributed by atoms with Crippen LogP contribution in [-0.2, 0) is 9.53 Å². The van der Waals surface area contributed by atoms with Crippen LogP contribution in [0.2, 0.25) is 0 Å². The van der Waals surface area contributed by atoms with Gasteiger partial charge in [-0.3, -0.25) is 4.90 Å². The molecule has 1 aliphatic rings. The fourth-order valence-corrected chi connectivity index (χ4v) is 2.71. The van der Waals surface area contributed by atoms with Crippen molar-refractivity contribution in [2.45, 2.75) is 33.2 Å². The van der Waals surface area contributed by atoms with Crippen LogP contribution in [0.15, 0.2) is 41.6 Å². The molecule has 0 radical (unpaired) electrons. The number of rotatable bonds is 5. The molecule has 1 aromatic carbocycles. The number of hydrogen-bond donors (Lipinski definition) is 1. The Morgan fingerprint density at radius 3 is 2.52 bits per heavy atom. The Labute approximate surface area is 137 Å². The van der Waals surface area contributed by atoms with Crippen molar-refractivity contribution in [1.82, 2.24) is 10.2 Å². The maximum Gasteiger partial charge on any atom is 0.337 e. The molecule has 0 fully saturated rings. The first-order chi connectivity index (χ1) is 11.0. The topological polar surface area (TPSA) is 58.6 Å². The zero-order valence-electron chi connectivity index (χ0n) is 14.1. The number of carbonyl (C=O) groups is 2. The molecule has 2 amide bonds. The molecule has 2 rings (SSSR count). The van der Waals surface area contributed by atoms with Gasteiger partial charge in [0.2, 0.25) is 0 Å². The number of ether oxygens (including phenoxy) is 1. The summed E-state index contributed by atoms with van der Waals surface area (Å²) >= 11 is 0.